The molecule has 1 aromatic heterocycles. The van der Waals surface area contributed by atoms with Gasteiger partial charge in [0.05, 0.1) is 11.2 Å². The first-order valence-electron chi connectivity index (χ1n) is 16.2. The third kappa shape index (κ3) is 9.83. The van der Waals surface area contributed by atoms with Crippen LogP contribution in [0.5, 0.6) is 0 Å². The van der Waals surface area contributed by atoms with Crippen molar-refractivity contribution >= 4 is 45.6 Å². The van der Waals surface area contributed by atoms with Crippen LogP contribution in [0.1, 0.15) is 53.4 Å². The fraction of sp³-hybridized carbons (Fsp3) is 0.389. The molecule has 1 heterocycles. The van der Waals surface area contributed by atoms with Crippen molar-refractivity contribution in [1.29, 1.82) is 0 Å². The number of rotatable bonds is 17. The number of hydrogen-bond donors (Lipinski definition) is 3. The molecule has 0 aliphatic carbocycles. The second-order valence-corrected chi connectivity index (χ2v) is 11.0. The third-order valence-corrected chi connectivity index (χ3v) is 8.02. The molecule has 4 rings (SSSR count). The van der Waals surface area contributed by atoms with E-state index in [0.717, 1.165) is 80.0 Å². The van der Waals surface area contributed by atoms with Crippen LogP contribution >= 0.6 is 0 Å². The van der Waals surface area contributed by atoms with Crippen LogP contribution < -0.4 is 16.0 Å². The molecular weight excluding hydrogens is 562 g/mol. The largest absolute Gasteiger partial charge is 0.340 e. The van der Waals surface area contributed by atoms with Crippen molar-refractivity contribution < 1.29 is 9.59 Å². The van der Waals surface area contributed by atoms with Crippen LogP contribution in [0, 0.1) is 0 Å². The lowest BCUT2D eigenvalue weighted by Crippen LogP contribution is -2.25. The molecule has 0 aliphatic rings. The van der Waals surface area contributed by atoms with Crippen LogP contribution in [0.3, 0.4) is 0 Å². The Morgan fingerprint density at radius 2 is 1.20 bits per heavy atom. The maximum absolute atomic E-state index is 12.9. The molecule has 0 saturated heterocycles. The van der Waals surface area contributed by atoms with Gasteiger partial charge in [0.2, 0.25) is 11.8 Å². The molecule has 0 fully saturated rings. The van der Waals surface area contributed by atoms with Gasteiger partial charge in [-0.25, -0.2) is 9.97 Å². The van der Waals surface area contributed by atoms with Gasteiger partial charge < -0.3 is 25.8 Å². The number of nitrogens with zero attached hydrogens (tertiary/aromatic N) is 4. The molecule has 3 N–H and O–H groups in total. The van der Waals surface area contributed by atoms with Crippen molar-refractivity contribution in [3.63, 3.8) is 0 Å². The molecule has 0 atom stereocenters. The van der Waals surface area contributed by atoms with E-state index < -0.39 is 0 Å². The summed E-state index contributed by atoms with van der Waals surface area (Å²) in [5, 5.41) is 10.4. The lowest BCUT2D eigenvalue weighted by Gasteiger charge is -2.17. The number of para-hydroxylation sites is 2. The number of aromatic nitrogens is 2. The summed E-state index contributed by atoms with van der Waals surface area (Å²) in [6.45, 7) is 14.3. The van der Waals surface area contributed by atoms with Gasteiger partial charge in [0.25, 0.3) is 0 Å². The van der Waals surface area contributed by atoms with Gasteiger partial charge in [0.1, 0.15) is 5.82 Å². The molecule has 9 heteroatoms. The third-order valence-electron chi connectivity index (χ3n) is 8.02. The highest BCUT2D eigenvalue weighted by atomic mass is 16.2. The fourth-order valence-electron chi connectivity index (χ4n) is 5.30. The van der Waals surface area contributed by atoms with Crippen LogP contribution in [0.4, 0.5) is 22.9 Å². The van der Waals surface area contributed by atoms with Gasteiger partial charge in [-0.05, 0) is 101 Å². The molecule has 3 aromatic carbocycles. The topological polar surface area (TPSA) is 102 Å². The maximum atomic E-state index is 12.9. The highest BCUT2D eigenvalue weighted by Crippen LogP contribution is 2.31. The summed E-state index contributed by atoms with van der Waals surface area (Å²) < 4.78 is 0. The van der Waals surface area contributed by atoms with Crippen molar-refractivity contribution in [3.8, 4) is 11.4 Å². The first kappa shape index (κ1) is 33.6. The number of carbonyl (C=O) groups is 2. The highest BCUT2D eigenvalue weighted by Gasteiger charge is 2.15. The van der Waals surface area contributed by atoms with Crippen LogP contribution in [0.2, 0.25) is 0 Å². The number of carbonyl (C=O) groups excluding carboxylic acids is 2. The summed E-state index contributed by atoms with van der Waals surface area (Å²) in [6.07, 6.45) is 2.57. The molecule has 9 nitrogen and oxygen atoms in total. The lowest BCUT2D eigenvalue weighted by atomic mass is 10.1. The predicted octanol–water partition coefficient (Wildman–Crippen LogP) is 7.16. The normalized spacial score (nSPS) is 11.2. The Morgan fingerprint density at radius 1 is 0.644 bits per heavy atom. The number of amides is 2. The van der Waals surface area contributed by atoms with E-state index >= 15 is 0 Å². The number of nitrogens with one attached hydrogen (secondary N) is 3. The zero-order chi connectivity index (χ0) is 32.0. The van der Waals surface area contributed by atoms with Crippen molar-refractivity contribution in [2.24, 2.45) is 0 Å². The second kappa shape index (κ2) is 17.2. The minimum absolute atomic E-state index is 0.0175. The maximum Gasteiger partial charge on any atom is 0.224 e. The fourth-order valence-corrected chi connectivity index (χ4v) is 5.30. The minimum Gasteiger partial charge on any atom is -0.340 e. The van der Waals surface area contributed by atoms with E-state index in [-0.39, 0.29) is 11.8 Å². The van der Waals surface area contributed by atoms with Crippen molar-refractivity contribution in [2.45, 2.75) is 53.4 Å². The minimum atomic E-state index is -0.0233. The Labute approximate surface area is 267 Å². The average Bonchev–Trinajstić information content (AvgIpc) is 3.06. The average molecular weight is 610 g/mol. The van der Waals surface area contributed by atoms with Gasteiger partial charge in [0.15, 0.2) is 5.82 Å². The van der Waals surface area contributed by atoms with E-state index in [1.54, 1.807) is 0 Å². The van der Waals surface area contributed by atoms with Crippen molar-refractivity contribution in [3.05, 3.63) is 72.8 Å². The Bertz CT molecular complexity index is 1530. The van der Waals surface area contributed by atoms with Gasteiger partial charge in [0, 0.05) is 35.2 Å². The van der Waals surface area contributed by atoms with E-state index in [4.69, 9.17) is 9.97 Å². The summed E-state index contributed by atoms with van der Waals surface area (Å²) >= 11 is 0. The first-order chi connectivity index (χ1) is 21.9. The van der Waals surface area contributed by atoms with Crippen LogP contribution in [0.25, 0.3) is 22.3 Å². The molecule has 2 amide bonds. The molecule has 45 heavy (non-hydrogen) atoms. The Kier molecular flexibility index (Phi) is 12.8. The number of fused-ring (bicyclic) bond motifs is 1. The van der Waals surface area contributed by atoms with Gasteiger partial charge in [-0.1, -0.05) is 52.0 Å². The molecule has 0 radical (unpaired) electrons. The van der Waals surface area contributed by atoms with Gasteiger partial charge in [-0.2, -0.15) is 0 Å². The molecule has 238 valence electrons. The molecule has 0 saturated carbocycles. The first-order valence-corrected chi connectivity index (χ1v) is 16.2. The van der Waals surface area contributed by atoms with E-state index in [1.165, 1.54) is 0 Å². The zero-order valence-electron chi connectivity index (χ0n) is 27.1. The van der Waals surface area contributed by atoms with Gasteiger partial charge in [-0.15, -0.1) is 0 Å². The Hall–Kier alpha value is -4.34. The number of benzene rings is 3. The standard InChI is InChI=1S/C36H47N7O2/c1-5-42(6-2)25-13-19-33(44)37-27-21-23-28(24-22-27)38-35-30-16-10-12-18-32(30)40-36(41-35)29-15-9-11-17-31(29)39-34(45)20-14-26-43(7-3)8-4/h9-12,15-18,21-24H,5-8,13-14,19-20,25-26H2,1-4H3,(H,37,44)(H,39,45)(H,38,40,41). The number of hydrogen-bond acceptors (Lipinski definition) is 7. The van der Waals surface area contributed by atoms with E-state index in [2.05, 4.69) is 53.4 Å². The Morgan fingerprint density at radius 3 is 1.84 bits per heavy atom. The lowest BCUT2D eigenvalue weighted by molar-refractivity contribution is -0.117. The summed E-state index contributed by atoms with van der Waals surface area (Å²) in [5.41, 5.74) is 3.81. The van der Waals surface area contributed by atoms with Crippen LogP contribution in [0.15, 0.2) is 72.8 Å². The van der Waals surface area contributed by atoms with Crippen molar-refractivity contribution in [1.82, 2.24) is 19.8 Å². The summed E-state index contributed by atoms with van der Waals surface area (Å²) in [4.78, 5) is 39.7. The monoisotopic (exact) mass is 609 g/mol. The zero-order valence-corrected chi connectivity index (χ0v) is 27.1. The smallest absolute Gasteiger partial charge is 0.224 e. The molecule has 0 bridgehead atoms. The summed E-state index contributed by atoms with van der Waals surface area (Å²) in [6, 6.07) is 23.1. The molecular formula is C36H47N7O2. The predicted molar refractivity (Wildman–Crippen MR) is 186 cm³/mol. The quantitative estimate of drug-likeness (QED) is 0.117. The molecule has 0 spiro atoms. The van der Waals surface area contributed by atoms with E-state index in [9.17, 15) is 9.59 Å². The summed E-state index contributed by atoms with van der Waals surface area (Å²) in [5.74, 6) is 1.17. The molecule has 0 unspecified atom stereocenters. The van der Waals surface area contributed by atoms with Crippen LogP contribution in [-0.2, 0) is 9.59 Å². The number of anilines is 4. The van der Waals surface area contributed by atoms with E-state index in [1.807, 2.05) is 72.8 Å². The molecule has 4 aromatic rings. The SMILES string of the molecule is CCN(CC)CCCC(=O)Nc1ccc(Nc2nc(-c3ccccc3NC(=O)CCCN(CC)CC)nc3ccccc23)cc1. The van der Waals surface area contributed by atoms with E-state index in [0.29, 0.717) is 30.2 Å². The van der Waals surface area contributed by atoms with Crippen LogP contribution in [-0.4, -0.2) is 70.9 Å². The van der Waals surface area contributed by atoms with Crippen molar-refractivity contribution in [2.75, 3.05) is 55.2 Å². The van der Waals surface area contributed by atoms with Gasteiger partial charge in [-0.3, -0.25) is 9.59 Å². The van der Waals surface area contributed by atoms with Gasteiger partial charge >= 0.3 is 0 Å². The Balaban J connectivity index is 1.47. The second-order valence-electron chi connectivity index (χ2n) is 11.0. The highest BCUT2D eigenvalue weighted by molar-refractivity contribution is 5.97. The summed E-state index contributed by atoms with van der Waals surface area (Å²) in [7, 11) is 0. The molecule has 0 aliphatic heterocycles.